The van der Waals surface area contributed by atoms with Crippen molar-refractivity contribution < 1.29 is 28.6 Å². The fourth-order valence-electron chi connectivity index (χ4n) is 2.89. The number of hydrogen-bond donors (Lipinski definition) is 1. The third-order valence-electron chi connectivity index (χ3n) is 4.28. The molecular formula is C20H15ClN2O6S. The number of fused-ring (bicyclic) bond motifs is 1. The number of amides is 3. The van der Waals surface area contributed by atoms with E-state index in [9.17, 15) is 14.4 Å². The molecule has 0 aromatic heterocycles. The van der Waals surface area contributed by atoms with Gasteiger partial charge in [-0.05, 0) is 47.2 Å². The zero-order valence-electron chi connectivity index (χ0n) is 15.4. The van der Waals surface area contributed by atoms with Crippen LogP contribution in [-0.4, -0.2) is 35.4 Å². The van der Waals surface area contributed by atoms with Crippen LogP contribution in [0.2, 0.25) is 5.02 Å². The van der Waals surface area contributed by atoms with Gasteiger partial charge in [0.1, 0.15) is 5.75 Å². The minimum Gasteiger partial charge on any atom is -0.484 e. The average molecular weight is 447 g/mol. The quantitative estimate of drug-likeness (QED) is 0.679. The number of rotatable bonds is 6. The largest absolute Gasteiger partial charge is 0.484 e. The number of benzene rings is 2. The molecule has 2 heterocycles. The van der Waals surface area contributed by atoms with Gasteiger partial charge < -0.3 is 19.9 Å². The molecule has 2 aliphatic heterocycles. The van der Waals surface area contributed by atoms with E-state index < -0.39 is 17.1 Å². The summed E-state index contributed by atoms with van der Waals surface area (Å²) in [6.45, 7) is -0.142. The number of hydrogen-bond acceptors (Lipinski definition) is 7. The highest BCUT2D eigenvalue weighted by atomic mass is 35.5. The summed E-state index contributed by atoms with van der Waals surface area (Å²) in [6, 6.07) is 10.0. The highest BCUT2D eigenvalue weighted by Crippen LogP contribution is 2.39. The Balaban J connectivity index is 1.52. The average Bonchev–Trinajstić information content (AvgIpc) is 3.26. The number of ether oxygens (including phenoxy) is 3. The van der Waals surface area contributed by atoms with Crippen LogP contribution in [0.5, 0.6) is 17.2 Å². The Labute approximate surface area is 180 Å². The fourth-order valence-corrected chi connectivity index (χ4v) is 3.94. The first kappa shape index (κ1) is 20.1. The molecule has 0 spiro atoms. The third kappa shape index (κ3) is 4.22. The predicted octanol–water partition coefficient (Wildman–Crippen LogP) is 3.17. The Morgan fingerprint density at radius 1 is 1.23 bits per heavy atom. The van der Waals surface area contributed by atoms with Gasteiger partial charge in [0.2, 0.25) is 6.79 Å². The lowest BCUT2D eigenvalue weighted by Gasteiger charge is -2.14. The van der Waals surface area contributed by atoms with Gasteiger partial charge in [0.25, 0.3) is 17.1 Å². The summed E-state index contributed by atoms with van der Waals surface area (Å²) in [6.07, 6.45) is 1.59. The Morgan fingerprint density at radius 2 is 2.00 bits per heavy atom. The number of imide groups is 1. The second-order valence-corrected chi connectivity index (χ2v) is 7.79. The lowest BCUT2D eigenvalue weighted by molar-refractivity contribution is -0.123. The molecule has 30 heavy (non-hydrogen) atoms. The SMILES string of the molecule is NC(=O)COc1cccc(/C=C2\SC(=O)N(Cc3cc4c(cc3Cl)OCO4)C2=O)c1. The van der Waals surface area contributed by atoms with Crippen LogP contribution in [0, 0.1) is 0 Å². The summed E-state index contributed by atoms with van der Waals surface area (Å²) in [5, 5.41) is -0.0253. The molecular weight excluding hydrogens is 432 g/mol. The molecule has 1 fully saturated rings. The molecule has 3 amide bonds. The summed E-state index contributed by atoms with van der Waals surface area (Å²) in [7, 11) is 0. The van der Waals surface area contributed by atoms with E-state index in [1.54, 1.807) is 42.5 Å². The predicted molar refractivity (Wildman–Crippen MR) is 110 cm³/mol. The van der Waals surface area contributed by atoms with Crippen LogP contribution >= 0.6 is 23.4 Å². The number of thioether (sulfide) groups is 1. The smallest absolute Gasteiger partial charge is 0.293 e. The Kier molecular flexibility index (Phi) is 5.56. The Hall–Kier alpha value is -3.17. The summed E-state index contributed by atoms with van der Waals surface area (Å²) in [4.78, 5) is 37.5. The zero-order chi connectivity index (χ0) is 21.3. The van der Waals surface area contributed by atoms with E-state index in [0.717, 1.165) is 16.7 Å². The fraction of sp³-hybridized carbons (Fsp3) is 0.150. The molecule has 2 N–H and O–H groups in total. The van der Waals surface area contributed by atoms with E-state index in [1.807, 2.05) is 0 Å². The molecule has 2 aliphatic rings. The number of primary amides is 1. The maximum absolute atomic E-state index is 12.8. The number of carbonyl (C=O) groups is 3. The molecule has 2 aromatic carbocycles. The van der Waals surface area contributed by atoms with Crippen LogP contribution in [0.1, 0.15) is 11.1 Å². The van der Waals surface area contributed by atoms with Crippen LogP contribution in [-0.2, 0) is 16.1 Å². The van der Waals surface area contributed by atoms with Crippen molar-refractivity contribution in [1.82, 2.24) is 4.90 Å². The van der Waals surface area contributed by atoms with Crippen LogP contribution in [0.3, 0.4) is 0 Å². The van der Waals surface area contributed by atoms with Crippen LogP contribution in [0.15, 0.2) is 41.3 Å². The van der Waals surface area contributed by atoms with Crippen molar-refractivity contribution in [3.63, 3.8) is 0 Å². The first-order chi connectivity index (χ1) is 14.4. The van der Waals surface area contributed by atoms with E-state index in [-0.39, 0.29) is 24.8 Å². The standard InChI is InChI=1S/C20H15ClN2O6S/c21-14-7-16-15(28-10-29-16)6-12(14)8-23-19(25)17(30-20(23)26)5-11-2-1-3-13(4-11)27-9-18(22)24/h1-7H,8-10H2,(H2,22,24)/b17-5-. The van der Waals surface area contributed by atoms with Crippen molar-refractivity contribution in [2.45, 2.75) is 6.54 Å². The van der Waals surface area contributed by atoms with Gasteiger partial charge in [-0.1, -0.05) is 23.7 Å². The van der Waals surface area contributed by atoms with E-state index in [0.29, 0.717) is 33.4 Å². The summed E-state index contributed by atoms with van der Waals surface area (Å²) in [5.41, 5.74) is 6.29. The van der Waals surface area contributed by atoms with Gasteiger partial charge in [0.05, 0.1) is 11.4 Å². The maximum Gasteiger partial charge on any atom is 0.293 e. The van der Waals surface area contributed by atoms with E-state index in [2.05, 4.69) is 0 Å². The second-order valence-electron chi connectivity index (χ2n) is 6.39. The monoisotopic (exact) mass is 446 g/mol. The van der Waals surface area contributed by atoms with Gasteiger partial charge in [-0.3, -0.25) is 19.3 Å². The van der Waals surface area contributed by atoms with Crippen LogP contribution < -0.4 is 19.9 Å². The maximum atomic E-state index is 12.8. The van der Waals surface area contributed by atoms with E-state index in [1.165, 1.54) is 0 Å². The van der Waals surface area contributed by atoms with E-state index in [4.69, 9.17) is 31.5 Å². The number of nitrogens with zero attached hydrogens (tertiary/aromatic N) is 1. The lowest BCUT2D eigenvalue weighted by atomic mass is 10.1. The molecule has 0 saturated carbocycles. The molecule has 154 valence electrons. The van der Waals surface area contributed by atoms with Gasteiger partial charge in [0.15, 0.2) is 18.1 Å². The van der Waals surface area contributed by atoms with Gasteiger partial charge >= 0.3 is 0 Å². The van der Waals surface area contributed by atoms with E-state index >= 15 is 0 Å². The lowest BCUT2D eigenvalue weighted by Crippen LogP contribution is -2.27. The van der Waals surface area contributed by atoms with Gasteiger partial charge in [-0.15, -0.1) is 0 Å². The highest BCUT2D eigenvalue weighted by Gasteiger charge is 2.35. The number of nitrogens with two attached hydrogens (primary N) is 1. The summed E-state index contributed by atoms with van der Waals surface area (Å²) < 4.78 is 15.9. The highest BCUT2D eigenvalue weighted by molar-refractivity contribution is 8.18. The molecule has 8 nitrogen and oxygen atoms in total. The van der Waals surface area contributed by atoms with Crippen LogP contribution in [0.25, 0.3) is 6.08 Å². The Morgan fingerprint density at radius 3 is 2.77 bits per heavy atom. The molecule has 0 unspecified atom stereocenters. The molecule has 4 rings (SSSR count). The summed E-state index contributed by atoms with van der Waals surface area (Å²) in [5.74, 6) is 0.445. The topological polar surface area (TPSA) is 108 Å². The van der Waals surface area contributed by atoms with Crippen molar-refractivity contribution in [2.75, 3.05) is 13.4 Å². The molecule has 0 bridgehead atoms. The molecule has 0 aliphatic carbocycles. The molecule has 10 heteroatoms. The molecule has 0 radical (unpaired) electrons. The van der Waals surface area contributed by atoms with Crippen molar-refractivity contribution in [3.05, 3.63) is 57.5 Å². The second kappa shape index (κ2) is 8.29. The first-order valence-corrected chi connectivity index (χ1v) is 9.95. The minimum atomic E-state index is -0.594. The van der Waals surface area contributed by atoms with Gasteiger partial charge in [0, 0.05) is 11.1 Å². The summed E-state index contributed by atoms with van der Waals surface area (Å²) >= 11 is 7.10. The van der Waals surface area contributed by atoms with Crippen molar-refractivity contribution in [1.29, 1.82) is 0 Å². The first-order valence-electron chi connectivity index (χ1n) is 8.75. The Bertz CT molecular complexity index is 1090. The van der Waals surface area contributed by atoms with Crippen molar-refractivity contribution in [3.8, 4) is 17.2 Å². The molecule has 1 saturated heterocycles. The van der Waals surface area contributed by atoms with Crippen molar-refractivity contribution >= 4 is 46.5 Å². The number of halogens is 1. The minimum absolute atomic E-state index is 0.0131. The van der Waals surface area contributed by atoms with Crippen LogP contribution in [0.4, 0.5) is 4.79 Å². The third-order valence-corrected chi connectivity index (χ3v) is 5.54. The zero-order valence-corrected chi connectivity index (χ0v) is 17.0. The van der Waals surface area contributed by atoms with Crippen molar-refractivity contribution in [2.24, 2.45) is 5.73 Å². The normalized spacial score (nSPS) is 16.4. The number of carbonyl (C=O) groups excluding carboxylic acids is 3. The van der Waals surface area contributed by atoms with Gasteiger partial charge in [-0.25, -0.2) is 0 Å². The molecule has 2 aromatic rings. The van der Waals surface area contributed by atoms with Gasteiger partial charge in [-0.2, -0.15) is 0 Å². The molecule has 0 atom stereocenters.